The molecule has 4 aromatic rings. The minimum absolute atomic E-state index is 0.0240. The summed E-state index contributed by atoms with van der Waals surface area (Å²) in [5.74, 6) is 0.192. The lowest BCUT2D eigenvalue weighted by Crippen LogP contribution is -2.47. The predicted octanol–water partition coefficient (Wildman–Crippen LogP) is 2.69. The van der Waals surface area contributed by atoms with Crippen molar-refractivity contribution in [3.8, 4) is 11.4 Å². The molecule has 0 spiro atoms. The Hall–Kier alpha value is -4.15. The SMILES string of the molecule is Cc1nc2ccc(C(=O)N3CCN(C)CC3)cn2c1-c1ccnc(C2(c3ccc(C(=O)NO)cc3)CC2)n1. The van der Waals surface area contributed by atoms with Crippen molar-refractivity contribution in [3.63, 3.8) is 0 Å². The maximum absolute atomic E-state index is 13.2. The number of amides is 2. The van der Waals surface area contributed by atoms with E-state index in [0.717, 1.165) is 54.2 Å². The average Bonchev–Trinajstić information content (AvgIpc) is 3.69. The fourth-order valence-corrected chi connectivity index (χ4v) is 5.28. The largest absolute Gasteiger partial charge is 0.336 e. The van der Waals surface area contributed by atoms with Crippen molar-refractivity contribution >= 4 is 17.5 Å². The van der Waals surface area contributed by atoms with E-state index in [2.05, 4.69) is 16.9 Å². The molecule has 0 bridgehead atoms. The number of piperazine rings is 1. The van der Waals surface area contributed by atoms with E-state index in [1.54, 1.807) is 23.8 Å². The number of rotatable bonds is 5. The van der Waals surface area contributed by atoms with Gasteiger partial charge < -0.3 is 9.80 Å². The molecule has 1 saturated heterocycles. The number of nitrogens with zero attached hydrogens (tertiary/aromatic N) is 6. The normalized spacial score (nSPS) is 17.0. The summed E-state index contributed by atoms with van der Waals surface area (Å²) in [6.07, 6.45) is 5.43. The smallest absolute Gasteiger partial charge is 0.274 e. The maximum Gasteiger partial charge on any atom is 0.274 e. The van der Waals surface area contributed by atoms with Crippen LogP contribution in [0.3, 0.4) is 0 Å². The van der Waals surface area contributed by atoms with Gasteiger partial charge in [0.2, 0.25) is 0 Å². The lowest BCUT2D eigenvalue weighted by Gasteiger charge is -2.32. The fourth-order valence-electron chi connectivity index (χ4n) is 5.28. The van der Waals surface area contributed by atoms with Gasteiger partial charge in [-0.15, -0.1) is 0 Å². The minimum atomic E-state index is -0.548. The van der Waals surface area contributed by atoms with Crippen molar-refractivity contribution in [2.75, 3.05) is 33.2 Å². The summed E-state index contributed by atoms with van der Waals surface area (Å²) >= 11 is 0. The van der Waals surface area contributed by atoms with Crippen molar-refractivity contribution in [2.45, 2.75) is 25.2 Å². The number of pyridine rings is 1. The molecule has 2 aliphatic rings. The van der Waals surface area contributed by atoms with Crippen LogP contribution in [0, 0.1) is 6.92 Å². The average molecular weight is 512 g/mol. The van der Waals surface area contributed by atoms with Crippen LogP contribution in [-0.4, -0.2) is 79.4 Å². The van der Waals surface area contributed by atoms with Crippen LogP contribution in [0.15, 0.2) is 54.9 Å². The van der Waals surface area contributed by atoms with E-state index < -0.39 is 5.91 Å². The Balaban J connectivity index is 1.35. The minimum Gasteiger partial charge on any atom is -0.336 e. The van der Waals surface area contributed by atoms with Crippen LogP contribution in [0.5, 0.6) is 0 Å². The van der Waals surface area contributed by atoms with E-state index in [0.29, 0.717) is 30.0 Å². The highest BCUT2D eigenvalue weighted by molar-refractivity contribution is 5.94. The maximum atomic E-state index is 13.2. The van der Waals surface area contributed by atoms with Gasteiger partial charge in [0.05, 0.1) is 28.1 Å². The van der Waals surface area contributed by atoms with E-state index in [9.17, 15) is 9.59 Å². The molecule has 2 fully saturated rings. The van der Waals surface area contributed by atoms with Crippen molar-refractivity contribution < 1.29 is 14.8 Å². The number of carbonyl (C=O) groups is 2. The number of likely N-dealkylation sites (N-methyl/N-ethyl adjacent to an activating group) is 1. The Morgan fingerprint density at radius 1 is 0.947 bits per heavy atom. The third-order valence-electron chi connectivity index (χ3n) is 7.71. The molecule has 38 heavy (non-hydrogen) atoms. The number of nitrogens with one attached hydrogen (secondary N) is 1. The molecular formula is C28H29N7O3. The van der Waals surface area contributed by atoms with Gasteiger partial charge in [0.25, 0.3) is 11.8 Å². The first kappa shape index (κ1) is 24.2. The molecule has 1 aliphatic heterocycles. The number of carbonyl (C=O) groups excluding carboxylic acids is 2. The Kier molecular flexibility index (Phi) is 5.93. The van der Waals surface area contributed by atoms with Crippen LogP contribution < -0.4 is 5.48 Å². The summed E-state index contributed by atoms with van der Waals surface area (Å²) in [5.41, 5.74) is 6.53. The number of imidazole rings is 1. The van der Waals surface area contributed by atoms with Gasteiger partial charge in [0, 0.05) is 44.1 Å². The first-order chi connectivity index (χ1) is 18.4. The van der Waals surface area contributed by atoms with Crippen molar-refractivity contribution in [2.24, 2.45) is 0 Å². The first-order valence-electron chi connectivity index (χ1n) is 12.7. The van der Waals surface area contributed by atoms with Crippen LogP contribution in [0.25, 0.3) is 17.0 Å². The van der Waals surface area contributed by atoms with Crippen LogP contribution in [0.1, 0.15) is 50.6 Å². The highest BCUT2D eigenvalue weighted by Crippen LogP contribution is 2.52. The van der Waals surface area contributed by atoms with E-state index >= 15 is 0 Å². The number of aromatic nitrogens is 4. The molecule has 1 aliphatic carbocycles. The molecule has 10 nitrogen and oxygen atoms in total. The quantitative estimate of drug-likeness (QED) is 0.313. The topological polar surface area (TPSA) is 116 Å². The molecule has 0 unspecified atom stereocenters. The molecule has 6 rings (SSSR count). The fraction of sp³-hybridized carbons (Fsp3) is 0.321. The van der Waals surface area contributed by atoms with Gasteiger partial charge in [-0.05, 0) is 62.7 Å². The zero-order chi connectivity index (χ0) is 26.4. The predicted molar refractivity (Wildman–Crippen MR) is 140 cm³/mol. The van der Waals surface area contributed by atoms with Gasteiger partial charge in [-0.25, -0.2) is 20.4 Å². The third-order valence-corrected chi connectivity index (χ3v) is 7.71. The summed E-state index contributed by atoms with van der Waals surface area (Å²) in [7, 11) is 2.07. The third kappa shape index (κ3) is 4.11. The molecular weight excluding hydrogens is 482 g/mol. The van der Waals surface area contributed by atoms with E-state index in [4.69, 9.17) is 15.2 Å². The number of aryl methyl sites for hydroxylation is 1. The van der Waals surface area contributed by atoms with Gasteiger partial charge in [-0.3, -0.25) is 19.2 Å². The monoisotopic (exact) mass is 511 g/mol. The Bertz CT molecular complexity index is 1530. The van der Waals surface area contributed by atoms with Gasteiger partial charge >= 0.3 is 0 Å². The zero-order valence-corrected chi connectivity index (χ0v) is 21.4. The van der Waals surface area contributed by atoms with Crippen molar-refractivity contribution in [1.29, 1.82) is 0 Å². The molecule has 3 aromatic heterocycles. The van der Waals surface area contributed by atoms with Crippen LogP contribution >= 0.6 is 0 Å². The van der Waals surface area contributed by atoms with Crippen LogP contribution in [-0.2, 0) is 5.41 Å². The molecule has 0 atom stereocenters. The summed E-state index contributed by atoms with van der Waals surface area (Å²) in [6, 6.07) is 12.8. The Labute approximate surface area is 219 Å². The number of hydroxylamine groups is 1. The van der Waals surface area contributed by atoms with E-state index in [1.165, 1.54) is 0 Å². The standard InChI is InChI=1S/C28H29N7O3/c1-18-24(35-17-20(5-8-23(35)30-18)26(37)34-15-13-33(2)14-16-34)22-9-12-29-27(31-22)28(10-11-28)21-6-3-19(4-7-21)25(36)32-38/h3-9,12,17,38H,10-11,13-16H2,1-2H3,(H,32,36). The molecule has 194 valence electrons. The second kappa shape index (κ2) is 9.30. The molecule has 2 N–H and O–H groups in total. The molecule has 4 heterocycles. The molecule has 10 heteroatoms. The van der Waals surface area contributed by atoms with Gasteiger partial charge in [0.15, 0.2) is 0 Å². The summed E-state index contributed by atoms with van der Waals surface area (Å²) in [6.45, 7) is 5.11. The van der Waals surface area contributed by atoms with Crippen molar-refractivity contribution in [1.82, 2.24) is 34.6 Å². The molecule has 2 amide bonds. The lowest BCUT2D eigenvalue weighted by molar-refractivity contribution is 0.0663. The second-order valence-corrected chi connectivity index (χ2v) is 10.2. The summed E-state index contributed by atoms with van der Waals surface area (Å²) in [5, 5.41) is 8.90. The number of hydrogen-bond acceptors (Lipinski definition) is 7. The molecule has 0 radical (unpaired) electrons. The zero-order valence-electron chi connectivity index (χ0n) is 21.4. The van der Waals surface area contributed by atoms with Crippen LogP contribution in [0.4, 0.5) is 0 Å². The summed E-state index contributed by atoms with van der Waals surface area (Å²) < 4.78 is 1.95. The number of fused-ring (bicyclic) bond motifs is 1. The van der Waals surface area contributed by atoms with Gasteiger partial charge in [0.1, 0.15) is 11.5 Å². The summed E-state index contributed by atoms with van der Waals surface area (Å²) in [4.78, 5) is 43.5. The molecule has 1 saturated carbocycles. The second-order valence-electron chi connectivity index (χ2n) is 10.2. The first-order valence-corrected chi connectivity index (χ1v) is 12.7. The van der Waals surface area contributed by atoms with Crippen LogP contribution in [0.2, 0.25) is 0 Å². The van der Waals surface area contributed by atoms with Gasteiger partial charge in [-0.1, -0.05) is 12.1 Å². The van der Waals surface area contributed by atoms with Gasteiger partial charge in [-0.2, -0.15) is 0 Å². The number of benzene rings is 1. The number of hydrogen-bond donors (Lipinski definition) is 2. The van der Waals surface area contributed by atoms with E-state index in [1.807, 2.05) is 52.8 Å². The van der Waals surface area contributed by atoms with Crippen molar-refractivity contribution in [3.05, 3.63) is 83.1 Å². The highest BCUT2D eigenvalue weighted by Gasteiger charge is 2.48. The Morgan fingerprint density at radius 2 is 1.66 bits per heavy atom. The molecule has 1 aromatic carbocycles. The Morgan fingerprint density at radius 3 is 2.34 bits per heavy atom. The van der Waals surface area contributed by atoms with E-state index in [-0.39, 0.29) is 11.3 Å². The highest BCUT2D eigenvalue weighted by atomic mass is 16.5. The lowest BCUT2D eigenvalue weighted by atomic mass is 9.93.